The van der Waals surface area contributed by atoms with Crippen LogP contribution in [0.1, 0.15) is 49.1 Å². The molecule has 1 aromatic carbocycles. The summed E-state index contributed by atoms with van der Waals surface area (Å²) in [6.45, 7) is 8.09. The van der Waals surface area contributed by atoms with Crippen molar-refractivity contribution in [3.05, 3.63) is 59.2 Å². The summed E-state index contributed by atoms with van der Waals surface area (Å²) in [4.78, 5) is 23.6. The SMILES string of the molecule is COCc1cn(C2=NCC(=O)N3CCc4c(cccc4C(C)C(C)C)C3=C2)cn1. The normalized spacial score (nSPS) is 17.4. The largest absolute Gasteiger partial charge is 0.378 e. The van der Waals surface area contributed by atoms with Gasteiger partial charge in [-0.1, -0.05) is 39.0 Å². The Kier molecular flexibility index (Phi) is 5.37. The fourth-order valence-corrected chi connectivity index (χ4v) is 4.08. The Morgan fingerprint density at radius 3 is 2.83 bits per heavy atom. The first-order chi connectivity index (χ1) is 14.0. The van der Waals surface area contributed by atoms with E-state index in [9.17, 15) is 4.79 Å². The molecule has 29 heavy (non-hydrogen) atoms. The number of methoxy groups -OCH3 is 1. The van der Waals surface area contributed by atoms with Gasteiger partial charge < -0.3 is 9.64 Å². The number of nitrogens with zero attached hydrogens (tertiary/aromatic N) is 4. The van der Waals surface area contributed by atoms with Gasteiger partial charge in [-0.3, -0.25) is 14.4 Å². The van der Waals surface area contributed by atoms with Crippen LogP contribution in [0, 0.1) is 5.92 Å². The summed E-state index contributed by atoms with van der Waals surface area (Å²) < 4.78 is 7.03. The van der Waals surface area contributed by atoms with Gasteiger partial charge in [-0.05, 0) is 29.4 Å². The molecule has 1 atom stereocenters. The van der Waals surface area contributed by atoms with Crippen LogP contribution in [0.2, 0.25) is 0 Å². The molecule has 3 heterocycles. The Morgan fingerprint density at radius 1 is 1.24 bits per heavy atom. The van der Waals surface area contributed by atoms with Crippen LogP contribution in [-0.2, 0) is 22.6 Å². The monoisotopic (exact) mass is 392 g/mol. The van der Waals surface area contributed by atoms with Crippen molar-refractivity contribution in [2.24, 2.45) is 10.9 Å². The molecule has 0 saturated heterocycles. The first kappa shape index (κ1) is 19.6. The minimum Gasteiger partial charge on any atom is -0.378 e. The van der Waals surface area contributed by atoms with E-state index in [-0.39, 0.29) is 12.5 Å². The fourth-order valence-electron chi connectivity index (χ4n) is 4.08. The molecule has 1 unspecified atom stereocenters. The van der Waals surface area contributed by atoms with E-state index in [1.807, 2.05) is 21.7 Å². The van der Waals surface area contributed by atoms with E-state index in [0.29, 0.717) is 25.0 Å². The molecule has 0 saturated carbocycles. The highest BCUT2D eigenvalue weighted by Gasteiger charge is 2.30. The van der Waals surface area contributed by atoms with E-state index in [1.54, 1.807) is 13.4 Å². The zero-order valence-corrected chi connectivity index (χ0v) is 17.6. The topological polar surface area (TPSA) is 59.7 Å². The molecule has 4 rings (SSSR count). The van der Waals surface area contributed by atoms with Crippen molar-refractivity contribution in [1.82, 2.24) is 14.5 Å². The van der Waals surface area contributed by atoms with Gasteiger partial charge in [0.05, 0.1) is 18.0 Å². The molecule has 152 valence electrons. The second-order valence-corrected chi connectivity index (χ2v) is 8.11. The summed E-state index contributed by atoms with van der Waals surface area (Å²) in [5.74, 6) is 1.79. The highest BCUT2D eigenvalue weighted by Crippen LogP contribution is 2.36. The smallest absolute Gasteiger partial charge is 0.248 e. The lowest BCUT2D eigenvalue weighted by molar-refractivity contribution is -0.126. The Morgan fingerprint density at radius 2 is 2.07 bits per heavy atom. The molecule has 0 radical (unpaired) electrons. The lowest BCUT2D eigenvalue weighted by Gasteiger charge is -2.33. The van der Waals surface area contributed by atoms with Crippen molar-refractivity contribution < 1.29 is 9.53 Å². The lowest BCUT2D eigenvalue weighted by atomic mass is 9.82. The average molecular weight is 393 g/mol. The maximum Gasteiger partial charge on any atom is 0.248 e. The second-order valence-electron chi connectivity index (χ2n) is 8.11. The van der Waals surface area contributed by atoms with E-state index in [1.165, 1.54) is 11.1 Å². The van der Waals surface area contributed by atoms with Crippen molar-refractivity contribution in [3.63, 3.8) is 0 Å². The van der Waals surface area contributed by atoms with Gasteiger partial charge in [-0.2, -0.15) is 0 Å². The minimum absolute atomic E-state index is 0.0384. The Bertz CT molecular complexity index is 987. The standard InChI is InChI=1S/C23H28N4O2/c1-15(2)16(3)18-6-5-7-20-19(18)8-9-27-21(20)10-22(24-11-23(27)28)26-12-17(13-29-4)25-14-26/h5-7,10,12,14-16H,8-9,11,13H2,1-4H3. The van der Waals surface area contributed by atoms with Gasteiger partial charge in [0, 0.05) is 31.5 Å². The number of rotatable bonds is 4. The van der Waals surface area contributed by atoms with Crippen molar-refractivity contribution in [3.8, 4) is 0 Å². The molecule has 2 aliphatic heterocycles. The number of ether oxygens (including phenoxy) is 1. The zero-order valence-electron chi connectivity index (χ0n) is 17.6. The second kappa shape index (κ2) is 7.95. The van der Waals surface area contributed by atoms with E-state index in [0.717, 1.165) is 29.2 Å². The zero-order chi connectivity index (χ0) is 20.5. The maximum absolute atomic E-state index is 12.8. The van der Waals surface area contributed by atoms with Gasteiger partial charge in [0.25, 0.3) is 0 Å². The average Bonchev–Trinajstić information content (AvgIpc) is 3.11. The van der Waals surface area contributed by atoms with Crippen LogP contribution >= 0.6 is 0 Å². The maximum atomic E-state index is 12.8. The van der Waals surface area contributed by atoms with Gasteiger partial charge in [0.2, 0.25) is 5.91 Å². The predicted octanol–water partition coefficient (Wildman–Crippen LogP) is 3.48. The van der Waals surface area contributed by atoms with E-state index in [4.69, 9.17) is 4.74 Å². The molecule has 0 spiro atoms. The first-order valence-corrected chi connectivity index (χ1v) is 10.2. The van der Waals surface area contributed by atoms with Crippen LogP contribution in [0.3, 0.4) is 0 Å². The third-order valence-electron chi connectivity index (χ3n) is 5.99. The highest BCUT2D eigenvalue weighted by molar-refractivity contribution is 6.06. The van der Waals surface area contributed by atoms with Crippen molar-refractivity contribution in [2.45, 2.75) is 39.7 Å². The minimum atomic E-state index is 0.0384. The molecule has 6 heteroatoms. The van der Waals surface area contributed by atoms with E-state index >= 15 is 0 Å². The van der Waals surface area contributed by atoms with Crippen LogP contribution in [0.15, 0.2) is 41.8 Å². The van der Waals surface area contributed by atoms with Gasteiger partial charge in [0.15, 0.2) is 0 Å². The summed E-state index contributed by atoms with van der Waals surface area (Å²) in [7, 11) is 1.65. The Labute approximate surface area is 171 Å². The molecule has 1 aromatic heterocycles. The van der Waals surface area contributed by atoms with Gasteiger partial charge >= 0.3 is 0 Å². The number of fused-ring (bicyclic) bond motifs is 3. The molecule has 0 aliphatic carbocycles. The van der Waals surface area contributed by atoms with Gasteiger partial charge in [-0.25, -0.2) is 4.98 Å². The number of carbonyl (C=O) groups is 1. The molecule has 2 aliphatic rings. The highest BCUT2D eigenvalue weighted by atomic mass is 16.5. The summed E-state index contributed by atoms with van der Waals surface area (Å²) in [6.07, 6.45) is 6.53. The van der Waals surface area contributed by atoms with Gasteiger partial charge in [-0.15, -0.1) is 0 Å². The molecular formula is C23H28N4O2. The summed E-state index contributed by atoms with van der Waals surface area (Å²) in [6, 6.07) is 6.47. The van der Waals surface area contributed by atoms with Crippen LogP contribution in [0.5, 0.6) is 0 Å². The molecule has 6 nitrogen and oxygen atoms in total. The lowest BCUT2D eigenvalue weighted by Crippen LogP contribution is -2.36. The van der Waals surface area contributed by atoms with E-state index < -0.39 is 0 Å². The van der Waals surface area contributed by atoms with Crippen molar-refractivity contribution >= 4 is 17.4 Å². The first-order valence-electron chi connectivity index (χ1n) is 10.2. The summed E-state index contributed by atoms with van der Waals surface area (Å²) in [5.41, 5.74) is 5.65. The molecule has 0 bridgehead atoms. The molecule has 0 N–H and O–H groups in total. The molecule has 1 amide bonds. The predicted molar refractivity (Wildman–Crippen MR) is 114 cm³/mol. The number of carbonyl (C=O) groups excluding carboxylic acids is 1. The van der Waals surface area contributed by atoms with Crippen LogP contribution in [0.4, 0.5) is 0 Å². The number of allylic oxidation sites excluding steroid dienone is 1. The van der Waals surface area contributed by atoms with Crippen LogP contribution in [0.25, 0.3) is 5.70 Å². The summed E-state index contributed by atoms with van der Waals surface area (Å²) >= 11 is 0. The number of aromatic nitrogens is 2. The number of hydrogen-bond donors (Lipinski definition) is 0. The number of aliphatic imine (C=N–C) groups is 1. The van der Waals surface area contributed by atoms with Crippen molar-refractivity contribution in [2.75, 3.05) is 20.2 Å². The molecule has 0 fully saturated rings. The third kappa shape index (κ3) is 3.65. The number of benzene rings is 1. The Balaban J connectivity index is 1.79. The van der Waals surface area contributed by atoms with Crippen molar-refractivity contribution in [1.29, 1.82) is 0 Å². The molecular weight excluding hydrogens is 364 g/mol. The fraction of sp³-hybridized carbons (Fsp3) is 0.435. The summed E-state index contributed by atoms with van der Waals surface area (Å²) in [5, 5.41) is 0. The van der Waals surface area contributed by atoms with E-state index in [2.05, 4.69) is 48.9 Å². The quantitative estimate of drug-likeness (QED) is 0.800. The molecule has 2 aromatic rings. The third-order valence-corrected chi connectivity index (χ3v) is 5.99. The van der Waals surface area contributed by atoms with Crippen LogP contribution < -0.4 is 0 Å². The van der Waals surface area contributed by atoms with Crippen LogP contribution in [-0.4, -0.2) is 46.4 Å². The number of amides is 1. The number of hydrogen-bond acceptors (Lipinski definition) is 4. The van der Waals surface area contributed by atoms with Gasteiger partial charge in [0.1, 0.15) is 18.7 Å². The number of imidazole rings is 1. The Hall–Kier alpha value is -2.73.